The van der Waals surface area contributed by atoms with E-state index in [0.717, 1.165) is 24.5 Å². The maximum absolute atomic E-state index is 12.3. The highest BCUT2D eigenvalue weighted by atomic mass is 35.5. The van der Waals surface area contributed by atoms with E-state index in [1.54, 1.807) is 0 Å². The summed E-state index contributed by atoms with van der Waals surface area (Å²) in [6, 6.07) is 8.17. The minimum Gasteiger partial charge on any atom is -0.342 e. The molecule has 0 radical (unpaired) electrons. The van der Waals surface area contributed by atoms with E-state index in [2.05, 4.69) is 39.8 Å². The molecular weight excluding hydrogens is 282 g/mol. The van der Waals surface area contributed by atoms with Gasteiger partial charge in [-0.2, -0.15) is 0 Å². The molecule has 116 valence electrons. The summed E-state index contributed by atoms with van der Waals surface area (Å²) >= 11 is 5.98. The van der Waals surface area contributed by atoms with Gasteiger partial charge in [-0.1, -0.05) is 51.4 Å². The molecule has 1 heterocycles. The molecule has 0 spiro atoms. The molecule has 0 aromatic heterocycles. The Morgan fingerprint density at radius 1 is 1.33 bits per heavy atom. The van der Waals surface area contributed by atoms with Crippen LogP contribution in [0.3, 0.4) is 0 Å². The fourth-order valence-corrected chi connectivity index (χ4v) is 3.49. The molecule has 2 nitrogen and oxygen atoms in total. The molecule has 3 heteroatoms. The summed E-state index contributed by atoms with van der Waals surface area (Å²) in [6.45, 7) is 10.4. The first-order chi connectivity index (χ1) is 9.79. The average Bonchev–Trinajstić information content (AvgIpc) is 2.38. The Kier molecular flexibility index (Phi) is 4.98. The van der Waals surface area contributed by atoms with Crippen LogP contribution in [0.15, 0.2) is 24.3 Å². The van der Waals surface area contributed by atoms with Gasteiger partial charge in [0.2, 0.25) is 5.91 Å². The molecule has 1 aliphatic rings. The van der Waals surface area contributed by atoms with E-state index in [1.165, 1.54) is 5.56 Å². The summed E-state index contributed by atoms with van der Waals surface area (Å²) in [6.07, 6.45) is 1.68. The van der Waals surface area contributed by atoms with Crippen LogP contribution in [0.1, 0.15) is 52.0 Å². The van der Waals surface area contributed by atoms with Crippen molar-refractivity contribution in [2.24, 2.45) is 11.3 Å². The maximum atomic E-state index is 12.3. The second-order valence-electron chi connectivity index (χ2n) is 7.29. The zero-order valence-corrected chi connectivity index (χ0v) is 14.3. The van der Waals surface area contributed by atoms with E-state index in [-0.39, 0.29) is 5.41 Å². The van der Waals surface area contributed by atoms with Gasteiger partial charge in [0.25, 0.3) is 0 Å². The van der Waals surface area contributed by atoms with Crippen LogP contribution >= 0.6 is 11.6 Å². The van der Waals surface area contributed by atoms with Crippen LogP contribution in [-0.2, 0) is 4.79 Å². The number of hydrogen-bond donors (Lipinski definition) is 0. The average molecular weight is 308 g/mol. The molecule has 1 aromatic rings. The summed E-state index contributed by atoms with van der Waals surface area (Å²) in [5, 5.41) is 0.779. The van der Waals surface area contributed by atoms with Gasteiger partial charge in [-0.3, -0.25) is 4.79 Å². The molecule has 0 aliphatic carbocycles. The zero-order chi connectivity index (χ0) is 15.6. The number of rotatable bonds is 3. The van der Waals surface area contributed by atoms with Gasteiger partial charge in [-0.15, -0.1) is 0 Å². The molecule has 0 unspecified atom stereocenters. The normalized spacial score (nSPS) is 21.6. The molecule has 0 saturated carbocycles. The second kappa shape index (κ2) is 6.39. The molecule has 1 amide bonds. The largest absolute Gasteiger partial charge is 0.342 e. The van der Waals surface area contributed by atoms with Gasteiger partial charge in [0.1, 0.15) is 0 Å². The maximum Gasteiger partial charge on any atom is 0.222 e. The first kappa shape index (κ1) is 16.4. The van der Waals surface area contributed by atoms with Crippen molar-refractivity contribution in [2.45, 2.75) is 46.5 Å². The molecule has 0 N–H and O–H groups in total. The van der Waals surface area contributed by atoms with E-state index in [4.69, 9.17) is 11.6 Å². The van der Waals surface area contributed by atoms with Gasteiger partial charge < -0.3 is 4.90 Å². The Morgan fingerprint density at radius 3 is 2.48 bits per heavy atom. The van der Waals surface area contributed by atoms with E-state index in [9.17, 15) is 4.79 Å². The zero-order valence-electron chi connectivity index (χ0n) is 13.5. The summed E-state index contributed by atoms with van der Waals surface area (Å²) < 4.78 is 0. The highest BCUT2D eigenvalue weighted by molar-refractivity contribution is 6.30. The van der Waals surface area contributed by atoms with Gasteiger partial charge in [0, 0.05) is 24.5 Å². The van der Waals surface area contributed by atoms with Crippen LogP contribution in [0.2, 0.25) is 5.02 Å². The highest BCUT2D eigenvalue weighted by Crippen LogP contribution is 2.42. The number of nitrogens with zero attached hydrogens (tertiary/aromatic N) is 1. The minimum atomic E-state index is 0.0960. The summed E-state index contributed by atoms with van der Waals surface area (Å²) in [4.78, 5) is 14.3. The van der Waals surface area contributed by atoms with Crippen LogP contribution < -0.4 is 0 Å². The van der Waals surface area contributed by atoms with Crippen LogP contribution in [0, 0.1) is 11.3 Å². The lowest BCUT2D eigenvalue weighted by Crippen LogP contribution is -2.47. The molecule has 1 fully saturated rings. The summed E-state index contributed by atoms with van der Waals surface area (Å²) in [5.74, 6) is 1.21. The third-order valence-electron chi connectivity index (χ3n) is 4.44. The quantitative estimate of drug-likeness (QED) is 0.790. The third kappa shape index (κ3) is 4.00. The number of carbonyl (C=O) groups is 1. The number of likely N-dealkylation sites (tertiary alicyclic amines) is 1. The van der Waals surface area contributed by atoms with Crippen molar-refractivity contribution < 1.29 is 4.79 Å². The van der Waals surface area contributed by atoms with Gasteiger partial charge in [-0.25, -0.2) is 0 Å². The van der Waals surface area contributed by atoms with Crippen molar-refractivity contribution in [3.63, 3.8) is 0 Å². The lowest BCUT2D eigenvalue weighted by atomic mass is 9.70. The molecule has 2 rings (SSSR count). The first-order valence-electron chi connectivity index (χ1n) is 7.83. The Morgan fingerprint density at radius 2 is 1.95 bits per heavy atom. The van der Waals surface area contributed by atoms with Crippen molar-refractivity contribution in [1.29, 1.82) is 0 Å². The minimum absolute atomic E-state index is 0.0960. The van der Waals surface area contributed by atoms with Crippen LogP contribution in [0.25, 0.3) is 0 Å². The van der Waals surface area contributed by atoms with Crippen LogP contribution in [-0.4, -0.2) is 23.9 Å². The third-order valence-corrected chi connectivity index (χ3v) is 4.69. The predicted octanol–water partition coefficient (Wildman–Crippen LogP) is 4.73. The fraction of sp³-hybridized carbons (Fsp3) is 0.611. The smallest absolute Gasteiger partial charge is 0.222 e. The molecule has 1 aromatic carbocycles. The molecule has 1 saturated heterocycles. The summed E-state index contributed by atoms with van der Waals surface area (Å²) in [7, 11) is 0. The molecule has 0 bridgehead atoms. The van der Waals surface area contributed by atoms with E-state index in [1.807, 2.05) is 17.0 Å². The van der Waals surface area contributed by atoms with Gasteiger partial charge >= 0.3 is 0 Å². The standard InChI is InChI=1S/C18H26ClNO/c1-13(2)11-17(21)20-10-9-16(18(3,4)12-20)14-5-7-15(19)8-6-14/h5-8,13,16H,9-12H2,1-4H3/t16-/m1/s1. The van der Waals surface area contributed by atoms with Crippen molar-refractivity contribution >= 4 is 17.5 Å². The Balaban J connectivity index is 2.09. The van der Waals surface area contributed by atoms with E-state index < -0.39 is 0 Å². The van der Waals surface area contributed by atoms with Crippen LogP contribution in [0.5, 0.6) is 0 Å². The Labute approximate surface area is 133 Å². The van der Waals surface area contributed by atoms with E-state index >= 15 is 0 Å². The number of amides is 1. The number of carbonyl (C=O) groups excluding carboxylic acids is 1. The Bertz CT molecular complexity index is 492. The number of benzene rings is 1. The fourth-order valence-electron chi connectivity index (χ4n) is 3.36. The number of halogens is 1. The van der Waals surface area contributed by atoms with Gasteiger partial charge in [-0.05, 0) is 41.4 Å². The topological polar surface area (TPSA) is 20.3 Å². The lowest BCUT2D eigenvalue weighted by molar-refractivity contribution is -0.135. The molecular formula is C18H26ClNO. The number of hydrogen-bond acceptors (Lipinski definition) is 1. The van der Waals surface area contributed by atoms with Gasteiger partial charge in [0.05, 0.1) is 0 Å². The van der Waals surface area contributed by atoms with Crippen molar-refractivity contribution in [3.05, 3.63) is 34.9 Å². The van der Waals surface area contributed by atoms with Crippen molar-refractivity contribution in [1.82, 2.24) is 4.90 Å². The highest BCUT2D eigenvalue weighted by Gasteiger charge is 2.38. The SMILES string of the molecule is CC(C)CC(=O)N1CC[C@H](c2ccc(Cl)cc2)C(C)(C)C1. The molecule has 21 heavy (non-hydrogen) atoms. The predicted molar refractivity (Wildman–Crippen MR) is 88.6 cm³/mol. The van der Waals surface area contributed by atoms with Crippen LogP contribution in [0.4, 0.5) is 0 Å². The van der Waals surface area contributed by atoms with Crippen molar-refractivity contribution in [2.75, 3.05) is 13.1 Å². The Hall–Kier alpha value is -1.02. The first-order valence-corrected chi connectivity index (χ1v) is 8.20. The van der Waals surface area contributed by atoms with E-state index in [0.29, 0.717) is 24.2 Å². The van der Waals surface area contributed by atoms with Crippen molar-refractivity contribution in [3.8, 4) is 0 Å². The molecule has 1 aliphatic heterocycles. The molecule has 1 atom stereocenters. The lowest BCUT2D eigenvalue weighted by Gasteiger charge is -2.45. The second-order valence-corrected chi connectivity index (χ2v) is 7.73. The summed E-state index contributed by atoms with van der Waals surface area (Å²) in [5.41, 5.74) is 1.43. The monoisotopic (exact) mass is 307 g/mol. The van der Waals surface area contributed by atoms with Gasteiger partial charge in [0.15, 0.2) is 0 Å². The number of piperidine rings is 1.